The Hall–Kier alpha value is -0.570. The Morgan fingerprint density at radius 1 is 1.45 bits per heavy atom. The van der Waals surface area contributed by atoms with Crippen LogP contribution in [0.1, 0.15) is 39.3 Å². The molecule has 0 aliphatic heterocycles. The first-order valence-corrected chi connectivity index (χ1v) is 4.79. The molecule has 0 spiro atoms. The number of hydrogen-bond acceptors (Lipinski definition) is 3. The van der Waals surface area contributed by atoms with Gasteiger partial charge in [-0.15, -0.1) is 11.3 Å². The lowest BCUT2D eigenvalue weighted by atomic mass is 10.2. The maximum absolute atomic E-state index is 5.42. The van der Waals surface area contributed by atoms with Gasteiger partial charge in [0.05, 0.1) is 5.69 Å². The molecule has 0 saturated heterocycles. The third-order valence-electron chi connectivity index (χ3n) is 1.13. The first kappa shape index (κ1) is 10.4. The van der Waals surface area contributed by atoms with E-state index >= 15 is 0 Å². The minimum Gasteiger partial charge on any atom is -0.375 e. The highest BCUT2D eigenvalue weighted by Gasteiger charge is 2.01. The van der Waals surface area contributed by atoms with E-state index in [1.54, 1.807) is 0 Å². The first-order chi connectivity index (χ1) is 5.20. The van der Waals surface area contributed by atoms with Crippen molar-refractivity contribution in [3.05, 3.63) is 11.1 Å². The van der Waals surface area contributed by atoms with E-state index in [-0.39, 0.29) is 0 Å². The van der Waals surface area contributed by atoms with E-state index in [1.807, 2.05) is 19.2 Å². The molecule has 0 saturated carbocycles. The lowest BCUT2D eigenvalue weighted by Gasteiger charge is -1.94. The maximum Gasteiger partial charge on any atom is 0.180 e. The molecule has 0 aliphatic carbocycles. The molecule has 0 atom stereocenters. The predicted molar refractivity (Wildman–Crippen MR) is 52.0 cm³/mol. The van der Waals surface area contributed by atoms with Crippen molar-refractivity contribution in [2.45, 2.75) is 33.6 Å². The molecule has 1 aromatic heterocycles. The average Bonchev–Trinajstić information content (AvgIpc) is 2.40. The van der Waals surface area contributed by atoms with Crippen LogP contribution in [0.2, 0.25) is 0 Å². The molecule has 64 valence electrons. The van der Waals surface area contributed by atoms with Crippen molar-refractivity contribution in [3.63, 3.8) is 0 Å². The molecule has 0 bridgehead atoms. The number of nitrogens with two attached hydrogens (primary N) is 1. The van der Waals surface area contributed by atoms with Gasteiger partial charge < -0.3 is 5.73 Å². The Labute approximate surface area is 72.5 Å². The van der Waals surface area contributed by atoms with E-state index in [0.29, 0.717) is 11.0 Å². The van der Waals surface area contributed by atoms with Crippen molar-refractivity contribution in [1.82, 2.24) is 4.98 Å². The second kappa shape index (κ2) is 5.13. The number of thiazole rings is 1. The van der Waals surface area contributed by atoms with Gasteiger partial charge in [0.2, 0.25) is 0 Å². The fourth-order valence-electron chi connectivity index (χ4n) is 0.566. The summed E-state index contributed by atoms with van der Waals surface area (Å²) in [6.07, 6.45) is 0. The van der Waals surface area contributed by atoms with E-state index in [0.717, 1.165) is 5.69 Å². The fraction of sp³-hybridized carbons (Fsp3) is 0.625. The summed E-state index contributed by atoms with van der Waals surface area (Å²) in [6, 6.07) is 0. The van der Waals surface area contributed by atoms with Gasteiger partial charge in [-0.3, -0.25) is 0 Å². The zero-order valence-corrected chi connectivity index (χ0v) is 8.40. The van der Waals surface area contributed by atoms with Gasteiger partial charge in [-0.05, 0) is 5.92 Å². The van der Waals surface area contributed by atoms with E-state index in [1.165, 1.54) is 11.3 Å². The molecular formula is C8H16N2S. The molecule has 1 aromatic rings. The van der Waals surface area contributed by atoms with Crippen LogP contribution in [-0.4, -0.2) is 4.98 Å². The Bertz CT molecular complexity index is 194. The SMILES string of the molecule is CC.CC(C)c1csc(N)n1. The van der Waals surface area contributed by atoms with Gasteiger partial charge in [0.25, 0.3) is 0 Å². The van der Waals surface area contributed by atoms with Crippen molar-refractivity contribution < 1.29 is 0 Å². The zero-order chi connectivity index (χ0) is 8.85. The molecule has 0 radical (unpaired) electrons. The summed E-state index contributed by atoms with van der Waals surface area (Å²) in [4.78, 5) is 4.11. The van der Waals surface area contributed by atoms with Crippen molar-refractivity contribution in [2.24, 2.45) is 0 Å². The molecule has 2 N–H and O–H groups in total. The number of anilines is 1. The molecule has 0 unspecified atom stereocenters. The highest BCUT2D eigenvalue weighted by molar-refractivity contribution is 7.13. The summed E-state index contributed by atoms with van der Waals surface area (Å²) in [6.45, 7) is 8.21. The molecule has 1 rings (SSSR count). The smallest absolute Gasteiger partial charge is 0.180 e. The molecule has 0 amide bonds. The normalized spacial score (nSPS) is 9.18. The molecule has 0 aromatic carbocycles. The number of rotatable bonds is 1. The van der Waals surface area contributed by atoms with Crippen LogP contribution in [0.25, 0.3) is 0 Å². The first-order valence-electron chi connectivity index (χ1n) is 3.91. The van der Waals surface area contributed by atoms with Gasteiger partial charge in [-0.25, -0.2) is 4.98 Å². The van der Waals surface area contributed by atoms with Crippen LogP contribution in [0.3, 0.4) is 0 Å². The van der Waals surface area contributed by atoms with Crippen LogP contribution < -0.4 is 5.73 Å². The third-order valence-corrected chi connectivity index (χ3v) is 1.82. The number of hydrogen-bond donors (Lipinski definition) is 1. The molecule has 1 heterocycles. The Balaban J connectivity index is 0.000000461. The maximum atomic E-state index is 5.42. The molecule has 0 aliphatic rings. The fourth-order valence-corrected chi connectivity index (χ4v) is 1.29. The minimum atomic E-state index is 0.499. The van der Waals surface area contributed by atoms with Crippen molar-refractivity contribution in [1.29, 1.82) is 0 Å². The third kappa shape index (κ3) is 3.37. The van der Waals surface area contributed by atoms with Gasteiger partial charge >= 0.3 is 0 Å². The monoisotopic (exact) mass is 172 g/mol. The van der Waals surface area contributed by atoms with Crippen LogP contribution >= 0.6 is 11.3 Å². The van der Waals surface area contributed by atoms with Crippen LogP contribution in [-0.2, 0) is 0 Å². The summed E-state index contributed by atoms with van der Waals surface area (Å²) in [5.41, 5.74) is 6.52. The van der Waals surface area contributed by atoms with Crippen LogP contribution in [0.15, 0.2) is 5.38 Å². The number of aromatic nitrogens is 1. The van der Waals surface area contributed by atoms with E-state index in [9.17, 15) is 0 Å². The van der Waals surface area contributed by atoms with Crippen LogP contribution in [0, 0.1) is 0 Å². The highest BCUT2D eigenvalue weighted by atomic mass is 32.1. The summed E-state index contributed by atoms with van der Waals surface area (Å²) >= 11 is 1.50. The zero-order valence-electron chi connectivity index (χ0n) is 7.59. The van der Waals surface area contributed by atoms with Crippen LogP contribution in [0.5, 0.6) is 0 Å². The van der Waals surface area contributed by atoms with Gasteiger partial charge in [0.1, 0.15) is 0 Å². The Kier molecular flexibility index (Phi) is 4.86. The minimum absolute atomic E-state index is 0.499. The lowest BCUT2D eigenvalue weighted by molar-refractivity contribution is 0.834. The molecule has 3 heteroatoms. The number of nitrogen functional groups attached to an aromatic ring is 1. The topological polar surface area (TPSA) is 38.9 Å². The Morgan fingerprint density at radius 3 is 2.18 bits per heavy atom. The summed E-state index contributed by atoms with van der Waals surface area (Å²) in [5.74, 6) is 0.499. The standard InChI is InChI=1S/C6H10N2S.C2H6/c1-4(2)5-3-9-6(7)8-5;1-2/h3-4H,1-2H3,(H2,7,8);1-2H3. The van der Waals surface area contributed by atoms with Crippen molar-refractivity contribution in [2.75, 3.05) is 5.73 Å². The van der Waals surface area contributed by atoms with Gasteiger partial charge in [0, 0.05) is 5.38 Å². The van der Waals surface area contributed by atoms with E-state index in [4.69, 9.17) is 5.73 Å². The summed E-state index contributed by atoms with van der Waals surface area (Å²) < 4.78 is 0. The molecule has 2 nitrogen and oxygen atoms in total. The second-order valence-corrected chi connectivity index (χ2v) is 3.15. The predicted octanol–water partition coefficient (Wildman–Crippen LogP) is 2.87. The van der Waals surface area contributed by atoms with E-state index < -0.39 is 0 Å². The lowest BCUT2D eigenvalue weighted by Crippen LogP contribution is -1.88. The van der Waals surface area contributed by atoms with E-state index in [2.05, 4.69) is 18.8 Å². The Morgan fingerprint density at radius 2 is 2.00 bits per heavy atom. The quantitative estimate of drug-likeness (QED) is 0.707. The van der Waals surface area contributed by atoms with Crippen LogP contribution in [0.4, 0.5) is 5.13 Å². The highest BCUT2D eigenvalue weighted by Crippen LogP contribution is 2.18. The van der Waals surface area contributed by atoms with Gasteiger partial charge in [-0.2, -0.15) is 0 Å². The van der Waals surface area contributed by atoms with Gasteiger partial charge in [0.15, 0.2) is 5.13 Å². The summed E-state index contributed by atoms with van der Waals surface area (Å²) in [5, 5.41) is 2.67. The number of nitrogens with zero attached hydrogens (tertiary/aromatic N) is 1. The second-order valence-electron chi connectivity index (χ2n) is 2.27. The molecule has 11 heavy (non-hydrogen) atoms. The summed E-state index contributed by atoms with van der Waals surface area (Å²) in [7, 11) is 0. The molecule has 0 fully saturated rings. The largest absolute Gasteiger partial charge is 0.375 e. The van der Waals surface area contributed by atoms with Crippen molar-refractivity contribution in [3.8, 4) is 0 Å². The van der Waals surface area contributed by atoms with Crippen molar-refractivity contribution >= 4 is 16.5 Å². The molecular weight excluding hydrogens is 156 g/mol. The average molecular weight is 172 g/mol. The van der Waals surface area contributed by atoms with Gasteiger partial charge in [-0.1, -0.05) is 27.7 Å².